The van der Waals surface area contributed by atoms with Gasteiger partial charge in [-0.05, 0) is 51.9 Å². The summed E-state index contributed by atoms with van der Waals surface area (Å²) in [6, 6.07) is 0. The van der Waals surface area contributed by atoms with E-state index in [1.54, 1.807) is 0 Å². The van der Waals surface area contributed by atoms with Gasteiger partial charge in [0.05, 0.1) is 16.3 Å². The maximum absolute atomic E-state index is 5.81. The van der Waals surface area contributed by atoms with Crippen LogP contribution in [0.1, 0.15) is 54.6 Å². The molecule has 1 aromatic heterocycles. The van der Waals surface area contributed by atoms with Crippen molar-refractivity contribution in [2.24, 2.45) is 4.99 Å². The molecule has 7 heteroatoms. The number of guanidine groups is 1. The van der Waals surface area contributed by atoms with Crippen LogP contribution in [0.3, 0.4) is 0 Å². The molecule has 0 spiro atoms. The van der Waals surface area contributed by atoms with Crippen molar-refractivity contribution < 1.29 is 4.74 Å². The molecule has 5 nitrogen and oxygen atoms in total. The summed E-state index contributed by atoms with van der Waals surface area (Å²) in [6.07, 6.45) is 9.48. The van der Waals surface area contributed by atoms with Gasteiger partial charge in [-0.15, -0.1) is 35.3 Å². The van der Waals surface area contributed by atoms with E-state index in [4.69, 9.17) is 9.72 Å². The molecule has 1 aliphatic carbocycles. The van der Waals surface area contributed by atoms with Gasteiger partial charge in [-0.1, -0.05) is 0 Å². The van der Waals surface area contributed by atoms with Gasteiger partial charge >= 0.3 is 0 Å². The highest BCUT2D eigenvalue weighted by Crippen LogP contribution is 2.27. The highest BCUT2D eigenvalue weighted by molar-refractivity contribution is 14.0. The van der Waals surface area contributed by atoms with Crippen LogP contribution >= 0.6 is 35.3 Å². The molecule has 0 aromatic carbocycles. The van der Waals surface area contributed by atoms with Crippen molar-refractivity contribution in [1.29, 1.82) is 0 Å². The number of aliphatic imine (C=N–C) groups is 1. The Hall–Kier alpha value is -0.410. The number of rotatable bonds is 6. The minimum absolute atomic E-state index is 0. The first-order chi connectivity index (χ1) is 11.7. The van der Waals surface area contributed by atoms with E-state index in [0.717, 1.165) is 51.3 Å². The second-order valence-corrected chi connectivity index (χ2v) is 8.21. The summed E-state index contributed by atoms with van der Waals surface area (Å²) in [4.78, 5) is 10.7. The molecule has 2 heterocycles. The Kier molecular flexibility index (Phi) is 8.41. The summed E-state index contributed by atoms with van der Waals surface area (Å²) >= 11 is 1.93. The molecule has 3 rings (SSSR count). The lowest BCUT2D eigenvalue weighted by Gasteiger charge is -2.24. The third-order valence-electron chi connectivity index (χ3n) is 4.90. The van der Waals surface area contributed by atoms with Crippen molar-refractivity contribution in [2.45, 2.75) is 63.9 Å². The third kappa shape index (κ3) is 6.06. The molecule has 0 saturated carbocycles. The molecule has 0 amide bonds. The number of nitrogens with zero attached hydrogens (tertiary/aromatic N) is 2. The fraction of sp³-hybridized carbons (Fsp3) is 0.778. The molecule has 2 N–H and O–H groups in total. The molecule has 0 radical (unpaired) electrons. The highest BCUT2D eigenvalue weighted by atomic mass is 127. The van der Waals surface area contributed by atoms with Crippen LogP contribution in [-0.4, -0.2) is 43.3 Å². The first kappa shape index (κ1) is 20.9. The number of ether oxygens (including phenoxy) is 1. The third-order valence-corrected chi connectivity index (χ3v) is 6.12. The largest absolute Gasteiger partial charge is 0.373 e. The molecular formula is C18H31IN4OS. The van der Waals surface area contributed by atoms with Crippen molar-refractivity contribution in [2.75, 3.05) is 26.7 Å². The standard InChI is InChI=1S/C18H30N4OS.HI/c1-18(10-6-12-23-18)13-21-17(19-2)20-11-5-9-16-22-14-7-3-4-8-15(14)24-16;/h3-13H2,1-2H3,(H2,19,20,21);1H. The molecule has 1 aliphatic heterocycles. The minimum Gasteiger partial charge on any atom is -0.373 e. The van der Waals surface area contributed by atoms with Crippen molar-refractivity contribution in [3.05, 3.63) is 15.6 Å². The SMILES string of the molecule is CN=C(NCCCc1nc2c(s1)CCCC2)NCC1(C)CCCO1.I. The number of thiazole rings is 1. The maximum Gasteiger partial charge on any atom is 0.191 e. The summed E-state index contributed by atoms with van der Waals surface area (Å²) in [6.45, 7) is 4.78. The number of hydrogen-bond acceptors (Lipinski definition) is 4. The number of aromatic nitrogens is 1. The van der Waals surface area contributed by atoms with Crippen LogP contribution in [0.5, 0.6) is 0 Å². The van der Waals surface area contributed by atoms with Crippen molar-refractivity contribution in [1.82, 2.24) is 15.6 Å². The van der Waals surface area contributed by atoms with E-state index in [-0.39, 0.29) is 29.6 Å². The second kappa shape index (κ2) is 10.1. The lowest BCUT2D eigenvalue weighted by molar-refractivity contribution is 0.0243. The summed E-state index contributed by atoms with van der Waals surface area (Å²) in [5.41, 5.74) is 1.33. The van der Waals surface area contributed by atoms with Gasteiger partial charge < -0.3 is 15.4 Å². The van der Waals surface area contributed by atoms with E-state index in [2.05, 4.69) is 22.5 Å². The Morgan fingerprint density at radius 1 is 1.28 bits per heavy atom. The van der Waals surface area contributed by atoms with Crippen LogP contribution in [0, 0.1) is 0 Å². The van der Waals surface area contributed by atoms with Gasteiger partial charge in [-0.25, -0.2) is 4.98 Å². The first-order valence-corrected chi connectivity index (χ1v) is 10.1. The predicted octanol–water partition coefficient (Wildman–Crippen LogP) is 3.31. The Balaban J connectivity index is 0.00000225. The number of aryl methyl sites for hydroxylation is 3. The summed E-state index contributed by atoms with van der Waals surface area (Å²) in [5.74, 6) is 0.866. The van der Waals surface area contributed by atoms with E-state index in [1.165, 1.54) is 41.3 Å². The van der Waals surface area contributed by atoms with E-state index < -0.39 is 0 Å². The van der Waals surface area contributed by atoms with Gasteiger partial charge in [-0.2, -0.15) is 0 Å². The number of nitrogens with one attached hydrogen (secondary N) is 2. The van der Waals surface area contributed by atoms with Crippen molar-refractivity contribution in [3.8, 4) is 0 Å². The average molecular weight is 478 g/mol. The highest BCUT2D eigenvalue weighted by Gasteiger charge is 2.29. The van der Waals surface area contributed by atoms with Gasteiger partial charge in [0.1, 0.15) is 0 Å². The van der Waals surface area contributed by atoms with Crippen LogP contribution < -0.4 is 10.6 Å². The Morgan fingerprint density at radius 2 is 2.12 bits per heavy atom. The van der Waals surface area contributed by atoms with E-state index in [9.17, 15) is 0 Å². The Labute approximate surface area is 172 Å². The second-order valence-electron chi connectivity index (χ2n) is 7.04. The van der Waals surface area contributed by atoms with E-state index in [1.807, 2.05) is 18.4 Å². The molecular weight excluding hydrogens is 447 g/mol. The first-order valence-electron chi connectivity index (χ1n) is 9.24. The summed E-state index contributed by atoms with van der Waals surface area (Å²) in [7, 11) is 1.82. The smallest absolute Gasteiger partial charge is 0.191 e. The topological polar surface area (TPSA) is 58.5 Å². The number of halogens is 1. The van der Waals surface area contributed by atoms with Crippen LogP contribution in [0.2, 0.25) is 0 Å². The summed E-state index contributed by atoms with van der Waals surface area (Å²) < 4.78 is 5.81. The lowest BCUT2D eigenvalue weighted by atomic mass is 10.0. The molecule has 25 heavy (non-hydrogen) atoms. The zero-order chi connectivity index (χ0) is 16.8. The Bertz CT molecular complexity index is 546. The van der Waals surface area contributed by atoms with Crippen molar-refractivity contribution >= 4 is 41.3 Å². The lowest BCUT2D eigenvalue weighted by Crippen LogP contribution is -2.45. The molecule has 1 fully saturated rings. The maximum atomic E-state index is 5.81. The zero-order valence-electron chi connectivity index (χ0n) is 15.4. The van der Waals surface area contributed by atoms with E-state index >= 15 is 0 Å². The molecule has 1 saturated heterocycles. The average Bonchev–Trinajstić information content (AvgIpc) is 3.20. The van der Waals surface area contributed by atoms with E-state index in [0.29, 0.717) is 0 Å². The van der Waals surface area contributed by atoms with Gasteiger partial charge in [0, 0.05) is 38.0 Å². The number of fused-ring (bicyclic) bond motifs is 1. The van der Waals surface area contributed by atoms with Crippen molar-refractivity contribution in [3.63, 3.8) is 0 Å². The predicted molar refractivity (Wildman–Crippen MR) is 115 cm³/mol. The summed E-state index contributed by atoms with van der Waals surface area (Å²) in [5, 5.41) is 8.10. The van der Waals surface area contributed by atoms with Crippen LogP contribution in [0.25, 0.3) is 0 Å². The van der Waals surface area contributed by atoms with Gasteiger partial charge in [0.2, 0.25) is 0 Å². The minimum atomic E-state index is -0.0441. The zero-order valence-corrected chi connectivity index (χ0v) is 18.5. The molecule has 0 bridgehead atoms. The van der Waals surface area contributed by atoms with Gasteiger partial charge in [0.25, 0.3) is 0 Å². The molecule has 1 atom stereocenters. The fourth-order valence-corrected chi connectivity index (χ4v) is 4.62. The van der Waals surface area contributed by atoms with Crippen LogP contribution in [-0.2, 0) is 24.0 Å². The van der Waals surface area contributed by atoms with Crippen LogP contribution in [0.4, 0.5) is 0 Å². The molecule has 142 valence electrons. The normalized spacial score (nSPS) is 23.0. The van der Waals surface area contributed by atoms with Gasteiger partial charge in [-0.3, -0.25) is 4.99 Å². The molecule has 2 aliphatic rings. The fourth-order valence-electron chi connectivity index (χ4n) is 3.43. The van der Waals surface area contributed by atoms with Gasteiger partial charge in [0.15, 0.2) is 5.96 Å². The number of hydrogen-bond donors (Lipinski definition) is 2. The quantitative estimate of drug-likeness (QED) is 0.285. The monoisotopic (exact) mass is 478 g/mol. The molecule has 1 unspecified atom stereocenters. The molecule has 1 aromatic rings. The van der Waals surface area contributed by atoms with Crippen LogP contribution in [0.15, 0.2) is 4.99 Å². The Morgan fingerprint density at radius 3 is 2.84 bits per heavy atom.